The predicted octanol–water partition coefficient (Wildman–Crippen LogP) is 3.88. The number of fused-ring (bicyclic) bond motifs is 1. The van der Waals surface area contributed by atoms with E-state index in [-0.39, 0.29) is 5.91 Å². The van der Waals surface area contributed by atoms with Crippen LogP contribution >= 0.6 is 23.8 Å². The number of nitrogens with zero attached hydrogens (tertiary/aromatic N) is 2. The Labute approximate surface area is 211 Å². The molecule has 174 valence electrons. The Morgan fingerprint density at radius 1 is 1.12 bits per heavy atom. The molecule has 1 aliphatic rings. The quantitative estimate of drug-likeness (QED) is 0.510. The van der Waals surface area contributed by atoms with Gasteiger partial charge in [-0.2, -0.15) is 0 Å². The summed E-state index contributed by atoms with van der Waals surface area (Å²) < 4.78 is 11.6. The van der Waals surface area contributed by atoms with Crippen LogP contribution in [0.25, 0.3) is 0 Å². The summed E-state index contributed by atoms with van der Waals surface area (Å²) in [5.74, 6) is -0.242. The van der Waals surface area contributed by atoms with E-state index >= 15 is 0 Å². The van der Waals surface area contributed by atoms with E-state index in [0.29, 0.717) is 28.1 Å². The number of amides is 1. The lowest BCUT2D eigenvalue weighted by Crippen LogP contribution is -2.49. The summed E-state index contributed by atoms with van der Waals surface area (Å²) in [5, 5.41) is 7.03. The number of likely N-dealkylation sites (N-methyl/N-ethyl adjacent to an activating group) is 1. The minimum absolute atomic E-state index is 0.242. The van der Waals surface area contributed by atoms with Crippen molar-refractivity contribution in [2.24, 2.45) is 4.99 Å². The number of aliphatic imine (C=N–C) groups is 1. The lowest BCUT2D eigenvalue weighted by molar-refractivity contribution is -0.119. The number of benzodiazepines with no additional fused rings is 1. The molecule has 0 saturated heterocycles. The van der Waals surface area contributed by atoms with E-state index in [0.717, 1.165) is 21.6 Å². The van der Waals surface area contributed by atoms with Crippen molar-refractivity contribution in [2.75, 3.05) is 18.2 Å². The molecule has 34 heavy (non-hydrogen) atoms. The third kappa shape index (κ3) is 5.35. The summed E-state index contributed by atoms with van der Waals surface area (Å²) >= 11 is 11.8. The van der Waals surface area contributed by atoms with Crippen LogP contribution in [0, 0.1) is 0 Å². The van der Waals surface area contributed by atoms with Crippen molar-refractivity contribution < 1.29 is 9.00 Å². The lowest BCUT2D eigenvalue weighted by Gasteiger charge is -2.22. The molecule has 2 unspecified atom stereocenters. The average molecular weight is 511 g/mol. The number of halogens is 1. The van der Waals surface area contributed by atoms with Crippen LogP contribution in [0.2, 0.25) is 5.02 Å². The minimum atomic E-state index is -1.03. The molecule has 0 bridgehead atoms. The van der Waals surface area contributed by atoms with Gasteiger partial charge in [-0.1, -0.05) is 54.1 Å². The molecule has 9 heteroatoms. The molecule has 0 aliphatic carbocycles. The fourth-order valence-electron chi connectivity index (χ4n) is 3.62. The van der Waals surface area contributed by atoms with Crippen molar-refractivity contribution >= 4 is 57.0 Å². The van der Waals surface area contributed by atoms with E-state index in [1.807, 2.05) is 66.7 Å². The van der Waals surface area contributed by atoms with Gasteiger partial charge in [0, 0.05) is 51.7 Å². The number of carbonyl (C=O) groups is 1. The third-order valence-electron chi connectivity index (χ3n) is 5.42. The van der Waals surface area contributed by atoms with Gasteiger partial charge in [0.25, 0.3) is 5.91 Å². The van der Waals surface area contributed by atoms with Crippen LogP contribution in [0.5, 0.6) is 0 Å². The van der Waals surface area contributed by atoms with Crippen LogP contribution in [-0.4, -0.2) is 40.4 Å². The molecule has 3 aromatic carbocycles. The number of nitrogens with one attached hydrogen (secondary N) is 2. The summed E-state index contributed by atoms with van der Waals surface area (Å²) in [5.41, 5.74) is 3.98. The first-order valence-electron chi connectivity index (χ1n) is 10.5. The van der Waals surface area contributed by atoms with E-state index in [2.05, 4.69) is 10.6 Å². The molecule has 0 radical (unpaired) electrons. The van der Waals surface area contributed by atoms with E-state index in [4.69, 9.17) is 28.8 Å². The number of hydrogen-bond donors (Lipinski definition) is 2. The Bertz CT molecular complexity index is 1280. The van der Waals surface area contributed by atoms with Gasteiger partial charge in [-0.25, -0.2) is 4.99 Å². The van der Waals surface area contributed by atoms with Gasteiger partial charge in [-0.3, -0.25) is 9.00 Å². The molecular formula is C25H23ClN4O2S2. The molecule has 1 aliphatic heterocycles. The maximum absolute atomic E-state index is 13.3. The van der Waals surface area contributed by atoms with Crippen LogP contribution in [-0.2, 0) is 22.1 Å². The highest BCUT2D eigenvalue weighted by molar-refractivity contribution is 7.84. The second kappa shape index (κ2) is 10.5. The number of hydrogen-bond acceptors (Lipinski definition) is 4. The zero-order valence-electron chi connectivity index (χ0n) is 18.6. The van der Waals surface area contributed by atoms with E-state index in [1.54, 1.807) is 24.3 Å². The molecule has 4 rings (SSSR count). The first kappa shape index (κ1) is 24.1. The summed E-state index contributed by atoms with van der Waals surface area (Å²) in [6.45, 7) is 0.449. The smallest absolute Gasteiger partial charge is 0.272 e. The predicted molar refractivity (Wildman–Crippen MR) is 142 cm³/mol. The van der Waals surface area contributed by atoms with Crippen molar-refractivity contribution in [3.8, 4) is 0 Å². The Kier molecular flexibility index (Phi) is 7.41. The molecule has 0 saturated carbocycles. The zero-order valence-corrected chi connectivity index (χ0v) is 21.0. The minimum Gasteiger partial charge on any atom is -0.359 e. The summed E-state index contributed by atoms with van der Waals surface area (Å²) in [7, 11) is 0.686. The third-order valence-corrected chi connectivity index (χ3v) is 6.85. The molecule has 6 nitrogen and oxygen atoms in total. The van der Waals surface area contributed by atoms with Crippen molar-refractivity contribution in [3.63, 3.8) is 0 Å². The number of benzene rings is 3. The van der Waals surface area contributed by atoms with Crippen molar-refractivity contribution in [1.29, 1.82) is 0 Å². The van der Waals surface area contributed by atoms with Crippen LogP contribution in [0.15, 0.2) is 82.7 Å². The lowest BCUT2D eigenvalue weighted by atomic mass is 10.0. The average Bonchev–Trinajstić information content (AvgIpc) is 2.94. The number of thiocarbonyl (C=S) groups is 1. The van der Waals surface area contributed by atoms with Gasteiger partial charge in [0.1, 0.15) is 0 Å². The van der Waals surface area contributed by atoms with Crippen molar-refractivity contribution in [2.45, 2.75) is 17.6 Å². The molecular weight excluding hydrogens is 488 g/mol. The Balaban J connectivity index is 1.58. The molecule has 0 spiro atoms. The van der Waals surface area contributed by atoms with Crippen molar-refractivity contribution in [1.82, 2.24) is 10.6 Å². The highest BCUT2D eigenvalue weighted by Gasteiger charge is 2.30. The van der Waals surface area contributed by atoms with Gasteiger partial charge in [-0.15, -0.1) is 0 Å². The van der Waals surface area contributed by atoms with E-state index < -0.39 is 17.0 Å². The fraction of sp³-hybridized carbons (Fsp3) is 0.160. The zero-order chi connectivity index (χ0) is 24.2. The molecule has 1 heterocycles. The SMILES string of the molecule is CN1C(=O)C(NC(=S)NCc2ccc(S(C)=O)cc2)N=C(c2ccccc2)c2cc(Cl)ccc21. The fourth-order valence-corrected chi connectivity index (χ4v) is 4.50. The van der Waals surface area contributed by atoms with Crippen molar-refractivity contribution in [3.05, 3.63) is 94.5 Å². The standard InChI is InChI=1S/C25H23ClN4O2S2/c1-30-21-13-10-18(26)14-20(21)22(17-6-4-3-5-7-17)28-23(24(30)31)29-25(33)27-15-16-8-11-19(12-9-16)34(2)32/h3-14,23H,15H2,1-2H3,(H2,27,29,33). The van der Waals surface area contributed by atoms with E-state index in [9.17, 15) is 9.00 Å². The number of anilines is 1. The van der Waals surface area contributed by atoms with E-state index in [1.165, 1.54) is 0 Å². The van der Waals surface area contributed by atoms with Gasteiger partial charge in [0.05, 0.1) is 11.4 Å². The Morgan fingerprint density at radius 3 is 2.50 bits per heavy atom. The molecule has 2 atom stereocenters. The monoisotopic (exact) mass is 510 g/mol. The Morgan fingerprint density at radius 2 is 1.82 bits per heavy atom. The first-order valence-corrected chi connectivity index (χ1v) is 12.9. The largest absolute Gasteiger partial charge is 0.359 e. The van der Waals surface area contributed by atoms with Gasteiger partial charge in [0.2, 0.25) is 6.17 Å². The van der Waals surface area contributed by atoms with Gasteiger partial charge in [0.15, 0.2) is 5.11 Å². The van der Waals surface area contributed by atoms with Gasteiger partial charge < -0.3 is 15.5 Å². The van der Waals surface area contributed by atoms with Crippen LogP contribution in [0.1, 0.15) is 16.7 Å². The van der Waals surface area contributed by atoms with Gasteiger partial charge in [-0.05, 0) is 48.1 Å². The highest BCUT2D eigenvalue weighted by atomic mass is 35.5. The van der Waals surface area contributed by atoms with Gasteiger partial charge >= 0.3 is 0 Å². The molecule has 0 fully saturated rings. The number of carbonyl (C=O) groups excluding carboxylic acids is 1. The van der Waals surface area contributed by atoms with Crippen LogP contribution in [0.3, 0.4) is 0 Å². The summed E-state index contributed by atoms with van der Waals surface area (Å²) in [4.78, 5) is 20.4. The van der Waals surface area contributed by atoms with Crippen LogP contribution < -0.4 is 15.5 Å². The molecule has 1 amide bonds. The van der Waals surface area contributed by atoms with Crippen LogP contribution in [0.4, 0.5) is 5.69 Å². The second-order valence-corrected chi connectivity index (χ2v) is 9.95. The number of rotatable bonds is 5. The second-order valence-electron chi connectivity index (χ2n) is 7.73. The normalized spacial score (nSPS) is 16.2. The maximum atomic E-state index is 13.3. The summed E-state index contributed by atoms with van der Waals surface area (Å²) in [6.07, 6.45) is 0.722. The first-order chi connectivity index (χ1) is 16.3. The molecule has 3 aromatic rings. The Hall–Kier alpha value is -3.07. The maximum Gasteiger partial charge on any atom is 0.272 e. The highest BCUT2D eigenvalue weighted by Crippen LogP contribution is 2.29. The molecule has 2 N–H and O–H groups in total. The topological polar surface area (TPSA) is 73.8 Å². The molecule has 0 aromatic heterocycles. The summed E-state index contributed by atoms with van der Waals surface area (Å²) in [6, 6.07) is 22.5.